The van der Waals surface area contributed by atoms with Crippen molar-refractivity contribution in [3.8, 4) is 0 Å². The molecule has 2 aliphatic rings. The fraction of sp³-hybridized carbons (Fsp3) is 1.00. The molecule has 2 saturated heterocycles. The Labute approximate surface area is 144 Å². The maximum Gasteiger partial charge on any atom is 0.0506 e. The van der Waals surface area contributed by atoms with Gasteiger partial charge in [-0.2, -0.15) is 0 Å². The molecule has 0 spiro atoms. The van der Waals surface area contributed by atoms with E-state index in [2.05, 4.69) is 33.4 Å². The standard InChI is InChI=1S/C19H40N4/c1-3-20-14-10-16-22(18-20)12-8-6-5-7-9-13-23-17-11-15-21(4-2)19-23/h3-19H2,1-2H3. The van der Waals surface area contributed by atoms with Crippen molar-refractivity contribution in [3.63, 3.8) is 0 Å². The van der Waals surface area contributed by atoms with Crippen LogP contribution >= 0.6 is 0 Å². The van der Waals surface area contributed by atoms with Gasteiger partial charge in [-0.15, -0.1) is 0 Å². The molecule has 4 heteroatoms. The summed E-state index contributed by atoms with van der Waals surface area (Å²) >= 11 is 0. The number of unbranched alkanes of at least 4 members (excludes halogenated alkanes) is 4. The van der Waals surface area contributed by atoms with Gasteiger partial charge >= 0.3 is 0 Å². The predicted octanol–water partition coefficient (Wildman–Crippen LogP) is 2.91. The normalized spacial score (nSPS) is 22.7. The van der Waals surface area contributed by atoms with Gasteiger partial charge in [-0.05, 0) is 51.9 Å². The van der Waals surface area contributed by atoms with Crippen molar-refractivity contribution in [2.24, 2.45) is 0 Å². The summed E-state index contributed by atoms with van der Waals surface area (Å²) < 4.78 is 0. The first-order valence-electron chi connectivity index (χ1n) is 10.2. The highest BCUT2D eigenvalue weighted by molar-refractivity contribution is 4.69. The number of nitrogens with zero attached hydrogens (tertiary/aromatic N) is 4. The first kappa shape index (κ1) is 19.2. The fourth-order valence-corrected chi connectivity index (χ4v) is 3.97. The van der Waals surface area contributed by atoms with Crippen molar-refractivity contribution < 1.29 is 0 Å². The van der Waals surface area contributed by atoms with E-state index < -0.39 is 0 Å². The van der Waals surface area contributed by atoms with Crippen molar-refractivity contribution >= 4 is 0 Å². The van der Waals surface area contributed by atoms with Crippen molar-refractivity contribution in [1.82, 2.24) is 19.6 Å². The zero-order chi connectivity index (χ0) is 16.3. The molecule has 0 atom stereocenters. The average Bonchev–Trinajstić information content (AvgIpc) is 2.61. The lowest BCUT2D eigenvalue weighted by molar-refractivity contribution is 0.0872. The van der Waals surface area contributed by atoms with Crippen molar-refractivity contribution in [3.05, 3.63) is 0 Å². The Morgan fingerprint density at radius 3 is 1.35 bits per heavy atom. The Bertz CT molecular complexity index is 269. The molecule has 136 valence electrons. The number of hydrogen-bond donors (Lipinski definition) is 0. The van der Waals surface area contributed by atoms with Crippen LogP contribution in [0, 0.1) is 0 Å². The molecule has 2 rings (SSSR count). The summed E-state index contributed by atoms with van der Waals surface area (Å²) in [6.45, 7) is 17.3. The van der Waals surface area contributed by atoms with Gasteiger partial charge in [-0.25, -0.2) is 0 Å². The van der Waals surface area contributed by atoms with Crippen LogP contribution in [0.3, 0.4) is 0 Å². The van der Waals surface area contributed by atoms with E-state index in [1.807, 2.05) is 0 Å². The van der Waals surface area contributed by atoms with Crippen LogP contribution < -0.4 is 0 Å². The first-order valence-corrected chi connectivity index (χ1v) is 10.2. The zero-order valence-corrected chi connectivity index (χ0v) is 15.8. The fourth-order valence-electron chi connectivity index (χ4n) is 3.97. The minimum Gasteiger partial charge on any atom is -0.291 e. The molecule has 0 N–H and O–H groups in total. The summed E-state index contributed by atoms with van der Waals surface area (Å²) in [6.07, 6.45) is 9.77. The molecule has 2 fully saturated rings. The van der Waals surface area contributed by atoms with E-state index in [0.29, 0.717) is 0 Å². The summed E-state index contributed by atoms with van der Waals surface area (Å²) in [7, 11) is 0. The SMILES string of the molecule is CCN1CCCN(CCCCCCCN2CCCN(CC)C2)C1. The lowest BCUT2D eigenvalue weighted by Gasteiger charge is -2.35. The second-order valence-corrected chi connectivity index (χ2v) is 7.42. The van der Waals surface area contributed by atoms with Crippen LogP contribution in [-0.2, 0) is 0 Å². The topological polar surface area (TPSA) is 13.0 Å². The van der Waals surface area contributed by atoms with Crippen molar-refractivity contribution in [2.75, 3.05) is 65.7 Å². The van der Waals surface area contributed by atoms with E-state index >= 15 is 0 Å². The lowest BCUT2D eigenvalue weighted by Crippen LogP contribution is -2.44. The van der Waals surface area contributed by atoms with E-state index in [9.17, 15) is 0 Å². The molecule has 2 heterocycles. The molecule has 0 radical (unpaired) electrons. The van der Waals surface area contributed by atoms with Crippen LogP contribution in [0.4, 0.5) is 0 Å². The van der Waals surface area contributed by atoms with Gasteiger partial charge in [0.05, 0.1) is 13.3 Å². The highest BCUT2D eigenvalue weighted by Crippen LogP contribution is 2.11. The average molecular weight is 325 g/mol. The van der Waals surface area contributed by atoms with Gasteiger partial charge < -0.3 is 0 Å². The predicted molar refractivity (Wildman–Crippen MR) is 99.7 cm³/mol. The van der Waals surface area contributed by atoms with Crippen molar-refractivity contribution in [2.45, 2.75) is 58.8 Å². The Morgan fingerprint density at radius 2 is 0.913 bits per heavy atom. The Kier molecular flexibility index (Phi) is 9.50. The maximum absolute atomic E-state index is 2.65. The van der Waals surface area contributed by atoms with Crippen LogP contribution in [0.25, 0.3) is 0 Å². The molecule has 0 aromatic rings. The van der Waals surface area contributed by atoms with Gasteiger partial charge in [0.1, 0.15) is 0 Å². The number of hydrogen-bond acceptors (Lipinski definition) is 4. The van der Waals surface area contributed by atoms with Gasteiger partial charge in [0.15, 0.2) is 0 Å². The van der Waals surface area contributed by atoms with E-state index in [1.54, 1.807) is 0 Å². The molecule has 4 nitrogen and oxygen atoms in total. The molecule has 0 unspecified atom stereocenters. The summed E-state index contributed by atoms with van der Waals surface area (Å²) in [6, 6.07) is 0. The molecule has 0 aromatic heterocycles. The third-order valence-corrected chi connectivity index (χ3v) is 5.54. The second kappa shape index (κ2) is 11.4. The van der Waals surface area contributed by atoms with Gasteiger partial charge in [-0.3, -0.25) is 19.6 Å². The van der Waals surface area contributed by atoms with Gasteiger partial charge in [0.2, 0.25) is 0 Å². The maximum atomic E-state index is 2.65. The molecule has 0 bridgehead atoms. The molecule has 0 aliphatic carbocycles. The summed E-state index contributed by atoms with van der Waals surface area (Å²) in [5.74, 6) is 0. The summed E-state index contributed by atoms with van der Waals surface area (Å²) in [5, 5.41) is 0. The highest BCUT2D eigenvalue weighted by atomic mass is 15.3. The van der Waals surface area contributed by atoms with Crippen LogP contribution in [-0.4, -0.2) is 85.3 Å². The van der Waals surface area contributed by atoms with E-state index in [4.69, 9.17) is 0 Å². The van der Waals surface area contributed by atoms with Crippen LogP contribution in [0.5, 0.6) is 0 Å². The van der Waals surface area contributed by atoms with E-state index in [1.165, 1.54) is 111 Å². The smallest absolute Gasteiger partial charge is 0.0506 e. The molecule has 23 heavy (non-hydrogen) atoms. The molecular weight excluding hydrogens is 284 g/mol. The molecular formula is C19H40N4. The van der Waals surface area contributed by atoms with E-state index in [-0.39, 0.29) is 0 Å². The summed E-state index contributed by atoms with van der Waals surface area (Å²) in [5.41, 5.74) is 0. The first-order chi connectivity index (χ1) is 11.3. The third kappa shape index (κ3) is 7.51. The number of rotatable bonds is 10. The molecule has 0 amide bonds. The third-order valence-electron chi connectivity index (χ3n) is 5.54. The minimum absolute atomic E-state index is 1.21. The summed E-state index contributed by atoms with van der Waals surface area (Å²) in [4.78, 5) is 10.4. The van der Waals surface area contributed by atoms with Crippen LogP contribution in [0.1, 0.15) is 58.8 Å². The Hall–Kier alpha value is -0.160. The lowest BCUT2D eigenvalue weighted by atomic mass is 10.1. The molecule has 0 saturated carbocycles. The quantitative estimate of drug-likeness (QED) is 0.573. The minimum atomic E-state index is 1.21. The van der Waals surface area contributed by atoms with Crippen molar-refractivity contribution in [1.29, 1.82) is 0 Å². The largest absolute Gasteiger partial charge is 0.291 e. The Morgan fingerprint density at radius 1 is 0.522 bits per heavy atom. The molecule has 0 aromatic carbocycles. The molecule has 2 aliphatic heterocycles. The highest BCUT2D eigenvalue weighted by Gasteiger charge is 2.16. The van der Waals surface area contributed by atoms with Crippen LogP contribution in [0.15, 0.2) is 0 Å². The van der Waals surface area contributed by atoms with E-state index in [0.717, 1.165) is 0 Å². The zero-order valence-electron chi connectivity index (χ0n) is 15.8. The van der Waals surface area contributed by atoms with Crippen LogP contribution in [0.2, 0.25) is 0 Å². The van der Waals surface area contributed by atoms with Gasteiger partial charge in [0.25, 0.3) is 0 Å². The Balaban J connectivity index is 1.42. The van der Waals surface area contributed by atoms with Gasteiger partial charge in [0, 0.05) is 26.2 Å². The monoisotopic (exact) mass is 324 g/mol. The second-order valence-electron chi connectivity index (χ2n) is 7.42. The van der Waals surface area contributed by atoms with Gasteiger partial charge in [-0.1, -0.05) is 33.1 Å².